The highest BCUT2D eigenvalue weighted by Gasteiger charge is 2.22. The third kappa shape index (κ3) is 3.32. The topological polar surface area (TPSA) is 29.1 Å². The number of amides is 1. The Balaban J connectivity index is 1.85. The molecule has 0 aliphatic heterocycles. The van der Waals surface area contributed by atoms with Crippen LogP contribution in [-0.2, 0) is 0 Å². The fourth-order valence-electron chi connectivity index (χ4n) is 2.41. The lowest BCUT2D eigenvalue weighted by atomic mass is 10.1. The summed E-state index contributed by atoms with van der Waals surface area (Å²) in [5, 5.41) is 3.05. The summed E-state index contributed by atoms with van der Waals surface area (Å²) in [7, 11) is 0. The van der Waals surface area contributed by atoms with E-state index in [1.165, 1.54) is 30.6 Å². The number of halogens is 1. The molecule has 17 heavy (non-hydrogen) atoms. The van der Waals surface area contributed by atoms with Crippen molar-refractivity contribution in [2.45, 2.75) is 33.1 Å². The molecule has 2 rings (SSSR count). The largest absolute Gasteiger partial charge is 0.351 e. The van der Waals surface area contributed by atoms with Crippen LogP contribution in [0.4, 0.5) is 0 Å². The highest BCUT2D eigenvalue weighted by molar-refractivity contribution is 9.11. The van der Waals surface area contributed by atoms with E-state index < -0.39 is 0 Å². The Morgan fingerprint density at radius 2 is 2.35 bits per heavy atom. The van der Waals surface area contributed by atoms with Crippen LogP contribution in [0.3, 0.4) is 0 Å². The predicted molar refractivity (Wildman–Crippen MR) is 75.6 cm³/mol. The molecule has 1 aliphatic rings. The average molecular weight is 316 g/mol. The minimum absolute atomic E-state index is 0.0725. The van der Waals surface area contributed by atoms with Crippen molar-refractivity contribution >= 4 is 33.2 Å². The molecule has 0 bridgehead atoms. The number of carbonyl (C=O) groups is 1. The van der Waals surface area contributed by atoms with Crippen molar-refractivity contribution in [2.75, 3.05) is 6.54 Å². The fraction of sp³-hybridized carbons (Fsp3) is 0.615. The van der Waals surface area contributed by atoms with Crippen LogP contribution in [0.15, 0.2) is 9.85 Å². The molecule has 1 aliphatic carbocycles. The van der Waals surface area contributed by atoms with Gasteiger partial charge in [0.05, 0.1) is 8.66 Å². The molecule has 2 atom stereocenters. The standard InChI is InChI=1S/C13H18BrNOS/c1-8-3-4-10(5-8)7-15-13(16)11-6-9(2)12(14)17-11/h6,8,10H,3-5,7H2,1-2H3,(H,15,16). The summed E-state index contributed by atoms with van der Waals surface area (Å²) < 4.78 is 1.05. The number of thiophene rings is 1. The van der Waals surface area contributed by atoms with Crippen LogP contribution in [-0.4, -0.2) is 12.5 Å². The number of aryl methyl sites for hydroxylation is 1. The minimum atomic E-state index is 0.0725. The molecule has 0 aromatic carbocycles. The van der Waals surface area contributed by atoms with Crippen molar-refractivity contribution in [3.63, 3.8) is 0 Å². The van der Waals surface area contributed by atoms with Gasteiger partial charge < -0.3 is 5.32 Å². The Kier molecular flexibility index (Phi) is 4.26. The van der Waals surface area contributed by atoms with Gasteiger partial charge in [-0.15, -0.1) is 11.3 Å². The van der Waals surface area contributed by atoms with Crippen molar-refractivity contribution in [1.82, 2.24) is 5.32 Å². The second-order valence-corrected chi connectivity index (χ2v) is 7.43. The van der Waals surface area contributed by atoms with Gasteiger partial charge >= 0.3 is 0 Å². The first-order valence-electron chi connectivity index (χ1n) is 6.10. The third-order valence-electron chi connectivity index (χ3n) is 3.44. The number of rotatable bonds is 3. The Morgan fingerprint density at radius 3 is 2.88 bits per heavy atom. The van der Waals surface area contributed by atoms with E-state index in [0.717, 1.165) is 26.7 Å². The molecular formula is C13H18BrNOS. The number of carbonyl (C=O) groups excluding carboxylic acids is 1. The average Bonchev–Trinajstić information content (AvgIpc) is 2.83. The van der Waals surface area contributed by atoms with E-state index in [0.29, 0.717) is 5.92 Å². The predicted octanol–water partition coefficient (Wildman–Crippen LogP) is 3.99. The number of hydrogen-bond acceptors (Lipinski definition) is 2. The Labute approximate surface area is 115 Å². The summed E-state index contributed by atoms with van der Waals surface area (Å²) >= 11 is 4.96. The SMILES string of the molecule is Cc1cc(C(=O)NCC2CCC(C)C2)sc1Br. The molecule has 94 valence electrons. The van der Waals surface area contributed by atoms with E-state index in [-0.39, 0.29) is 5.91 Å². The molecule has 1 N–H and O–H groups in total. The summed E-state index contributed by atoms with van der Waals surface area (Å²) in [5.74, 6) is 1.58. The second-order valence-electron chi connectivity index (χ2n) is 5.06. The highest BCUT2D eigenvalue weighted by Crippen LogP contribution is 2.30. The normalized spacial score (nSPS) is 23.9. The number of nitrogens with one attached hydrogen (secondary N) is 1. The lowest BCUT2D eigenvalue weighted by Crippen LogP contribution is -2.27. The van der Waals surface area contributed by atoms with Gasteiger partial charge in [-0.05, 0) is 59.2 Å². The molecule has 2 nitrogen and oxygen atoms in total. The van der Waals surface area contributed by atoms with Gasteiger partial charge in [-0.1, -0.05) is 13.3 Å². The van der Waals surface area contributed by atoms with E-state index >= 15 is 0 Å². The summed E-state index contributed by atoms with van der Waals surface area (Å²) in [6.45, 7) is 5.13. The van der Waals surface area contributed by atoms with E-state index in [4.69, 9.17) is 0 Å². The first-order chi connectivity index (χ1) is 8.06. The van der Waals surface area contributed by atoms with Crippen molar-refractivity contribution < 1.29 is 4.79 Å². The van der Waals surface area contributed by atoms with Gasteiger partial charge in [0.25, 0.3) is 5.91 Å². The molecule has 1 amide bonds. The summed E-state index contributed by atoms with van der Waals surface area (Å²) in [5.41, 5.74) is 1.13. The van der Waals surface area contributed by atoms with Gasteiger partial charge in [0.1, 0.15) is 0 Å². The molecule has 1 fully saturated rings. The lowest BCUT2D eigenvalue weighted by Gasteiger charge is -2.10. The smallest absolute Gasteiger partial charge is 0.261 e. The first-order valence-corrected chi connectivity index (χ1v) is 7.71. The van der Waals surface area contributed by atoms with Crippen molar-refractivity contribution in [1.29, 1.82) is 0 Å². The Morgan fingerprint density at radius 1 is 1.59 bits per heavy atom. The summed E-state index contributed by atoms with van der Waals surface area (Å²) in [4.78, 5) is 12.7. The van der Waals surface area contributed by atoms with Crippen LogP contribution in [0.2, 0.25) is 0 Å². The minimum Gasteiger partial charge on any atom is -0.351 e. The third-order valence-corrected chi connectivity index (χ3v) is 5.57. The maximum atomic E-state index is 11.9. The Bertz CT molecular complexity index is 396. The van der Waals surface area contributed by atoms with Gasteiger partial charge in [0.15, 0.2) is 0 Å². The highest BCUT2D eigenvalue weighted by atomic mass is 79.9. The van der Waals surface area contributed by atoms with Crippen LogP contribution in [0.5, 0.6) is 0 Å². The zero-order chi connectivity index (χ0) is 12.4. The Hall–Kier alpha value is -0.350. The van der Waals surface area contributed by atoms with Gasteiger partial charge in [0, 0.05) is 6.54 Å². The van der Waals surface area contributed by atoms with Crippen LogP contribution in [0.25, 0.3) is 0 Å². The van der Waals surface area contributed by atoms with Crippen molar-refractivity contribution in [2.24, 2.45) is 11.8 Å². The molecule has 1 heterocycles. The van der Waals surface area contributed by atoms with Crippen LogP contribution < -0.4 is 5.32 Å². The van der Waals surface area contributed by atoms with Gasteiger partial charge in [0.2, 0.25) is 0 Å². The number of hydrogen-bond donors (Lipinski definition) is 1. The molecule has 1 aromatic rings. The summed E-state index contributed by atoms with van der Waals surface area (Å²) in [6.07, 6.45) is 3.83. The molecule has 0 saturated heterocycles. The zero-order valence-corrected chi connectivity index (χ0v) is 12.7. The van der Waals surface area contributed by atoms with E-state index in [1.807, 2.05) is 13.0 Å². The monoisotopic (exact) mass is 315 g/mol. The molecule has 1 aromatic heterocycles. The molecule has 0 radical (unpaired) electrons. The van der Waals surface area contributed by atoms with E-state index in [2.05, 4.69) is 28.2 Å². The summed E-state index contributed by atoms with van der Waals surface area (Å²) in [6, 6.07) is 1.95. The van der Waals surface area contributed by atoms with Crippen LogP contribution >= 0.6 is 27.3 Å². The maximum Gasteiger partial charge on any atom is 0.261 e. The van der Waals surface area contributed by atoms with Crippen molar-refractivity contribution in [3.05, 3.63) is 20.3 Å². The first kappa shape index (κ1) is 13.1. The van der Waals surface area contributed by atoms with Gasteiger partial charge in [-0.2, -0.15) is 0 Å². The van der Waals surface area contributed by atoms with Gasteiger partial charge in [-0.25, -0.2) is 0 Å². The molecule has 0 spiro atoms. The molecule has 4 heteroatoms. The molecular weight excluding hydrogens is 298 g/mol. The lowest BCUT2D eigenvalue weighted by molar-refractivity contribution is 0.0951. The fourth-order valence-corrected chi connectivity index (χ4v) is 3.86. The second kappa shape index (κ2) is 5.53. The van der Waals surface area contributed by atoms with Crippen LogP contribution in [0, 0.1) is 18.8 Å². The van der Waals surface area contributed by atoms with E-state index in [9.17, 15) is 4.79 Å². The van der Waals surface area contributed by atoms with Crippen molar-refractivity contribution in [3.8, 4) is 0 Å². The molecule has 2 unspecified atom stereocenters. The zero-order valence-electron chi connectivity index (χ0n) is 10.3. The molecule has 1 saturated carbocycles. The van der Waals surface area contributed by atoms with E-state index in [1.54, 1.807) is 0 Å². The van der Waals surface area contributed by atoms with Crippen LogP contribution in [0.1, 0.15) is 41.4 Å². The van der Waals surface area contributed by atoms with Gasteiger partial charge in [-0.3, -0.25) is 4.79 Å². The quantitative estimate of drug-likeness (QED) is 0.898. The maximum absolute atomic E-state index is 11.9.